The zero-order chi connectivity index (χ0) is 21.8. The zero-order valence-electron chi connectivity index (χ0n) is 16.8. The highest BCUT2D eigenvalue weighted by molar-refractivity contribution is 7.13. The second-order valence-electron chi connectivity index (χ2n) is 7.21. The lowest BCUT2D eigenvalue weighted by molar-refractivity contribution is -0.238. The van der Waals surface area contributed by atoms with Gasteiger partial charge in [0.15, 0.2) is 5.69 Å². The predicted octanol–water partition coefficient (Wildman–Crippen LogP) is 3.24. The summed E-state index contributed by atoms with van der Waals surface area (Å²) in [6.07, 6.45) is 2.34. The number of thiazole rings is 1. The lowest BCUT2D eigenvalue weighted by Gasteiger charge is -2.40. The van der Waals surface area contributed by atoms with Crippen LogP contribution in [0.1, 0.15) is 54.6 Å². The molecule has 4 rings (SSSR count). The third kappa shape index (κ3) is 4.58. The van der Waals surface area contributed by atoms with E-state index in [1.165, 1.54) is 10.9 Å². The summed E-state index contributed by atoms with van der Waals surface area (Å²) in [4.78, 5) is 40.6. The van der Waals surface area contributed by atoms with Gasteiger partial charge in [0, 0.05) is 18.2 Å². The van der Waals surface area contributed by atoms with Crippen molar-refractivity contribution in [3.05, 3.63) is 47.0 Å². The van der Waals surface area contributed by atoms with E-state index in [1.807, 2.05) is 18.2 Å². The Hall–Kier alpha value is -3.27. The molecule has 1 aromatic heterocycles. The van der Waals surface area contributed by atoms with Crippen molar-refractivity contribution in [2.75, 3.05) is 12.0 Å². The van der Waals surface area contributed by atoms with Crippen molar-refractivity contribution < 1.29 is 28.6 Å². The Morgan fingerprint density at radius 1 is 1.23 bits per heavy atom. The Balaban J connectivity index is 1.38. The van der Waals surface area contributed by atoms with E-state index in [0.717, 1.165) is 24.2 Å². The van der Waals surface area contributed by atoms with Crippen LogP contribution in [0.25, 0.3) is 0 Å². The van der Waals surface area contributed by atoms with Gasteiger partial charge in [0.25, 0.3) is 11.5 Å². The fraction of sp³-hybridized carbons (Fsp3) is 0.381. The van der Waals surface area contributed by atoms with Crippen LogP contribution in [0, 0.1) is 0 Å². The molecule has 1 N–H and O–H groups in total. The molecule has 9 nitrogen and oxygen atoms in total. The largest absolute Gasteiger partial charge is 0.461 e. The van der Waals surface area contributed by atoms with Crippen LogP contribution in [0.5, 0.6) is 0 Å². The van der Waals surface area contributed by atoms with E-state index in [9.17, 15) is 14.4 Å². The van der Waals surface area contributed by atoms with Gasteiger partial charge in [0.2, 0.25) is 5.13 Å². The highest BCUT2D eigenvalue weighted by Crippen LogP contribution is 2.42. The Kier molecular flexibility index (Phi) is 5.99. The van der Waals surface area contributed by atoms with E-state index in [-0.39, 0.29) is 17.4 Å². The topological polar surface area (TPSA) is 116 Å². The molecular formula is C21H21N3O6S. The second-order valence-corrected chi connectivity index (χ2v) is 8.06. The molecule has 1 saturated carbocycles. The molecule has 162 valence electrons. The molecule has 0 unspecified atom stereocenters. The van der Waals surface area contributed by atoms with Crippen molar-refractivity contribution in [1.82, 2.24) is 4.98 Å². The first-order valence-electron chi connectivity index (χ1n) is 9.97. The van der Waals surface area contributed by atoms with E-state index in [0.29, 0.717) is 18.8 Å². The molecule has 10 heteroatoms. The summed E-state index contributed by atoms with van der Waals surface area (Å²) in [5, 5.41) is 5.49. The number of nitrogens with zero attached hydrogens (tertiary/aromatic N) is 2. The number of carbonyl (C=O) groups is 3. The Morgan fingerprint density at radius 2 is 1.90 bits per heavy atom. The number of aromatic nitrogens is 1. The molecule has 0 radical (unpaired) electrons. The normalized spacial score (nSPS) is 23.1. The molecular weight excluding hydrogens is 422 g/mol. The van der Waals surface area contributed by atoms with E-state index in [1.54, 1.807) is 6.92 Å². The van der Waals surface area contributed by atoms with Gasteiger partial charge in [-0.2, -0.15) is 5.10 Å². The van der Waals surface area contributed by atoms with Crippen LogP contribution in [0.4, 0.5) is 5.13 Å². The van der Waals surface area contributed by atoms with Crippen LogP contribution in [0.2, 0.25) is 0 Å². The first-order chi connectivity index (χ1) is 15.0. The summed E-state index contributed by atoms with van der Waals surface area (Å²) in [5.41, 5.74) is 3.34. The highest BCUT2D eigenvalue weighted by Gasteiger charge is 2.49. The van der Waals surface area contributed by atoms with Crippen molar-refractivity contribution in [3.8, 4) is 0 Å². The SMILES string of the molecule is CCOC(=O)c1csc(NN=C2C(=O)OC3(CCC(c4ccccc4)CC3)OC2=O)n1. The molecule has 2 heterocycles. The van der Waals surface area contributed by atoms with Crippen LogP contribution >= 0.6 is 11.3 Å². The van der Waals surface area contributed by atoms with Crippen LogP contribution in [-0.4, -0.2) is 41.0 Å². The lowest BCUT2D eigenvalue weighted by atomic mass is 9.80. The maximum absolute atomic E-state index is 12.5. The highest BCUT2D eigenvalue weighted by atomic mass is 32.1. The third-order valence-corrected chi connectivity index (χ3v) is 5.96. The smallest absolute Gasteiger partial charge is 0.369 e. The summed E-state index contributed by atoms with van der Waals surface area (Å²) in [6.45, 7) is 1.92. The minimum atomic E-state index is -1.24. The van der Waals surface area contributed by atoms with Crippen LogP contribution in [0.15, 0.2) is 40.8 Å². The van der Waals surface area contributed by atoms with Gasteiger partial charge in [-0.3, -0.25) is 5.43 Å². The molecule has 2 aromatic rings. The number of hydrazone groups is 1. The molecule has 1 aliphatic heterocycles. The van der Waals surface area contributed by atoms with Crippen molar-refractivity contribution in [2.45, 2.75) is 44.3 Å². The number of hydrogen-bond donors (Lipinski definition) is 1. The first-order valence-corrected chi connectivity index (χ1v) is 10.9. The summed E-state index contributed by atoms with van der Waals surface area (Å²) in [6, 6.07) is 10.1. The number of ether oxygens (including phenoxy) is 3. The lowest BCUT2D eigenvalue weighted by Crippen LogP contribution is -2.52. The van der Waals surface area contributed by atoms with Gasteiger partial charge in [-0.25, -0.2) is 19.4 Å². The van der Waals surface area contributed by atoms with Crippen molar-refractivity contribution in [3.63, 3.8) is 0 Å². The number of hydrogen-bond acceptors (Lipinski definition) is 10. The average Bonchev–Trinajstić information content (AvgIpc) is 3.24. The third-order valence-electron chi connectivity index (χ3n) is 5.21. The number of nitrogens with one attached hydrogen (secondary N) is 1. The van der Waals surface area contributed by atoms with Gasteiger partial charge in [-0.1, -0.05) is 30.3 Å². The van der Waals surface area contributed by atoms with E-state index >= 15 is 0 Å². The first kappa shape index (κ1) is 21.0. The van der Waals surface area contributed by atoms with Gasteiger partial charge in [-0.05, 0) is 31.2 Å². The number of rotatable bonds is 5. The number of carbonyl (C=O) groups excluding carboxylic acids is 3. The van der Waals surface area contributed by atoms with E-state index < -0.39 is 29.4 Å². The molecule has 0 bridgehead atoms. The molecule has 1 aromatic carbocycles. The summed E-state index contributed by atoms with van der Waals surface area (Å²) in [5.74, 6) is -3.16. The van der Waals surface area contributed by atoms with Crippen molar-refractivity contribution >= 4 is 40.1 Å². The minimum Gasteiger partial charge on any atom is -0.461 e. The molecule has 1 saturated heterocycles. The summed E-state index contributed by atoms with van der Waals surface area (Å²) < 4.78 is 15.9. The molecule has 1 aliphatic carbocycles. The average molecular weight is 443 g/mol. The molecule has 2 aliphatic rings. The summed E-state index contributed by atoms with van der Waals surface area (Å²) >= 11 is 1.08. The monoisotopic (exact) mass is 443 g/mol. The quantitative estimate of drug-likeness (QED) is 0.553. The van der Waals surface area contributed by atoms with Crippen LogP contribution in [0.3, 0.4) is 0 Å². The maximum Gasteiger partial charge on any atom is 0.369 e. The Bertz CT molecular complexity index is 989. The summed E-state index contributed by atoms with van der Waals surface area (Å²) in [7, 11) is 0. The molecule has 0 amide bonds. The van der Waals surface area contributed by atoms with Gasteiger partial charge < -0.3 is 14.2 Å². The van der Waals surface area contributed by atoms with Gasteiger partial charge in [-0.15, -0.1) is 11.3 Å². The number of anilines is 1. The van der Waals surface area contributed by atoms with E-state index in [2.05, 4.69) is 27.6 Å². The van der Waals surface area contributed by atoms with Crippen molar-refractivity contribution in [1.29, 1.82) is 0 Å². The molecule has 0 atom stereocenters. The Labute approximate surface area is 182 Å². The van der Waals surface area contributed by atoms with Gasteiger partial charge >= 0.3 is 17.9 Å². The molecule has 2 fully saturated rings. The predicted molar refractivity (Wildman–Crippen MR) is 112 cm³/mol. The number of esters is 3. The van der Waals surface area contributed by atoms with Gasteiger partial charge in [0.1, 0.15) is 0 Å². The van der Waals surface area contributed by atoms with Crippen LogP contribution < -0.4 is 5.43 Å². The van der Waals surface area contributed by atoms with E-state index in [4.69, 9.17) is 14.2 Å². The Morgan fingerprint density at radius 3 is 2.55 bits per heavy atom. The fourth-order valence-corrected chi connectivity index (χ4v) is 4.30. The van der Waals surface area contributed by atoms with Gasteiger partial charge in [0.05, 0.1) is 6.61 Å². The number of benzene rings is 1. The second kappa shape index (κ2) is 8.84. The molecule has 31 heavy (non-hydrogen) atoms. The fourth-order valence-electron chi connectivity index (χ4n) is 3.68. The minimum absolute atomic E-state index is 0.109. The standard InChI is InChI=1S/C21H21N3O6S/c1-2-28-17(25)15-12-31-20(22-15)24-23-16-18(26)29-21(30-19(16)27)10-8-14(9-11-21)13-6-4-3-5-7-13/h3-7,12,14H,2,8-11H2,1H3,(H,22,24). The van der Waals surface area contributed by atoms with Crippen LogP contribution in [-0.2, 0) is 23.8 Å². The van der Waals surface area contributed by atoms with Crippen molar-refractivity contribution in [2.24, 2.45) is 5.10 Å². The maximum atomic E-state index is 12.5. The molecule has 1 spiro atoms. The zero-order valence-corrected chi connectivity index (χ0v) is 17.6.